The number of hydrogen-bond donors (Lipinski definition) is 2. The van der Waals surface area contributed by atoms with E-state index in [1.165, 1.54) is 0 Å². The largest absolute Gasteiger partial charge is 0.480 e. The molecular weight excluding hydrogens is 272 g/mol. The summed E-state index contributed by atoms with van der Waals surface area (Å²) in [5.74, 6) is -0.0726. The molecule has 110 valence electrons. The predicted octanol–water partition coefficient (Wildman–Crippen LogP) is 1.87. The fraction of sp³-hybridized carbons (Fsp3) is 0.267. The average molecular weight is 288 g/mol. The van der Waals surface area contributed by atoms with Crippen LogP contribution in [0.5, 0.6) is 0 Å². The topological polar surface area (TPSA) is 92.4 Å². The van der Waals surface area contributed by atoms with Crippen molar-refractivity contribution in [3.63, 3.8) is 0 Å². The third-order valence-corrected chi connectivity index (χ3v) is 2.84. The molecule has 0 aliphatic carbocycles. The molecule has 0 saturated carbocycles. The third kappa shape index (κ3) is 4.76. The van der Waals surface area contributed by atoms with Crippen LogP contribution < -0.4 is 5.32 Å². The maximum atomic E-state index is 11.3. The monoisotopic (exact) mass is 288 g/mol. The van der Waals surface area contributed by atoms with E-state index in [4.69, 9.17) is 9.52 Å². The number of aromatic nitrogens is 1. The lowest BCUT2D eigenvalue weighted by Crippen LogP contribution is -2.28. The first-order chi connectivity index (χ1) is 10.1. The van der Waals surface area contributed by atoms with Crippen molar-refractivity contribution < 1.29 is 19.1 Å². The molecule has 0 saturated heterocycles. The van der Waals surface area contributed by atoms with E-state index in [0.29, 0.717) is 24.5 Å². The highest BCUT2D eigenvalue weighted by atomic mass is 16.4. The number of oxazole rings is 1. The van der Waals surface area contributed by atoms with Crippen LogP contribution in [0.15, 0.2) is 40.9 Å². The van der Waals surface area contributed by atoms with Gasteiger partial charge in [0, 0.05) is 18.4 Å². The summed E-state index contributed by atoms with van der Waals surface area (Å²) in [6, 6.07) is 9.64. The molecule has 0 aliphatic heterocycles. The second-order valence-corrected chi connectivity index (χ2v) is 4.51. The van der Waals surface area contributed by atoms with E-state index in [2.05, 4.69) is 10.3 Å². The van der Waals surface area contributed by atoms with E-state index in [9.17, 15) is 9.59 Å². The van der Waals surface area contributed by atoms with Gasteiger partial charge in [-0.15, -0.1) is 0 Å². The number of carbonyl (C=O) groups excluding carboxylic acids is 1. The van der Waals surface area contributed by atoms with Crippen molar-refractivity contribution in [1.29, 1.82) is 0 Å². The van der Waals surface area contributed by atoms with E-state index in [1.54, 1.807) is 6.20 Å². The number of nitrogens with zero attached hydrogens (tertiary/aromatic N) is 1. The number of aliphatic carboxylic acids is 1. The minimum atomic E-state index is -1.05. The smallest absolute Gasteiger partial charge is 0.322 e. The molecule has 0 fully saturated rings. The van der Waals surface area contributed by atoms with Crippen molar-refractivity contribution in [3.8, 4) is 11.3 Å². The third-order valence-electron chi connectivity index (χ3n) is 2.84. The first-order valence-electron chi connectivity index (χ1n) is 6.64. The maximum absolute atomic E-state index is 11.3. The van der Waals surface area contributed by atoms with Crippen LogP contribution in [0.2, 0.25) is 0 Å². The normalized spacial score (nSPS) is 10.3. The van der Waals surface area contributed by atoms with Crippen molar-refractivity contribution >= 4 is 11.9 Å². The van der Waals surface area contributed by atoms with Gasteiger partial charge < -0.3 is 14.8 Å². The zero-order valence-corrected chi connectivity index (χ0v) is 11.4. The van der Waals surface area contributed by atoms with Crippen molar-refractivity contribution in [1.82, 2.24) is 10.3 Å². The molecule has 1 aromatic heterocycles. The molecule has 2 aromatic rings. The summed E-state index contributed by atoms with van der Waals surface area (Å²) in [5, 5.41) is 10.7. The number of carbonyl (C=O) groups is 2. The Balaban J connectivity index is 1.78. The summed E-state index contributed by atoms with van der Waals surface area (Å²) >= 11 is 0. The van der Waals surface area contributed by atoms with Gasteiger partial charge in [-0.05, 0) is 6.42 Å². The molecule has 6 nitrogen and oxygen atoms in total. The summed E-state index contributed by atoms with van der Waals surface area (Å²) in [4.78, 5) is 25.8. The Morgan fingerprint density at radius 2 is 2.00 bits per heavy atom. The van der Waals surface area contributed by atoms with Crippen LogP contribution >= 0.6 is 0 Å². The first-order valence-corrected chi connectivity index (χ1v) is 6.64. The molecule has 0 atom stereocenters. The molecule has 0 unspecified atom stereocenters. The van der Waals surface area contributed by atoms with Gasteiger partial charge >= 0.3 is 5.97 Å². The van der Waals surface area contributed by atoms with E-state index < -0.39 is 5.97 Å². The molecule has 0 spiro atoms. The zero-order valence-electron chi connectivity index (χ0n) is 11.4. The second kappa shape index (κ2) is 7.23. The van der Waals surface area contributed by atoms with Gasteiger partial charge in [0.2, 0.25) is 5.91 Å². The fourth-order valence-electron chi connectivity index (χ4n) is 1.82. The Hall–Kier alpha value is -2.63. The van der Waals surface area contributed by atoms with Crippen LogP contribution in [0.4, 0.5) is 0 Å². The lowest BCUT2D eigenvalue weighted by molar-refractivity contribution is -0.137. The minimum Gasteiger partial charge on any atom is -0.480 e. The summed E-state index contributed by atoms with van der Waals surface area (Å²) in [7, 11) is 0. The fourth-order valence-corrected chi connectivity index (χ4v) is 1.82. The number of aryl methyl sites for hydroxylation is 1. The molecule has 0 radical (unpaired) electrons. The molecule has 1 heterocycles. The number of nitrogens with one attached hydrogen (secondary N) is 1. The molecule has 21 heavy (non-hydrogen) atoms. The molecule has 6 heteroatoms. The molecule has 2 rings (SSSR count). The Morgan fingerprint density at radius 1 is 1.24 bits per heavy atom. The predicted molar refractivity (Wildman–Crippen MR) is 75.5 cm³/mol. The quantitative estimate of drug-likeness (QED) is 0.811. The molecule has 0 bridgehead atoms. The summed E-state index contributed by atoms with van der Waals surface area (Å²) in [5.41, 5.74) is 0.954. The van der Waals surface area contributed by atoms with Crippen molar-refractivity contribution in [2.75, 3.05) is 6.54 Å². The summed E-state index contributed by atoms with van der Waals surface area (Å²) in [6.45, 7) is -0.351. The van der Waals surface area contributed by atoms with E-state index in [0.717, 1.165) is 5.56 Å². The van der Waals surface area contributed by atoms with Crippen LogP contribution in [-0.4, -0.2) is 28.5 Å². The van der Waals surface area contributed by atoms with Gasteiger partial charge in [-0.2, -0.15) is 0 Å². The number of benzene rings is 1. The highest BCUT2D eigenvalue weighted by molar-refractivity contribution is 5.80. The van der Waals surface area contributed by atoms with Crippen LogP contribution in [0, 0.1) is 0 Å². The average Bonchev–Trinajstić information content (AvgIpc) is 2.95. The molecular formula is C15H16N2O4. The second-order valence-electron chi connectivity index (χ2n) is 4.51. The van der Waals surface area contributed by atoms with Crippen molar-refractivity contribution in [2.24, 2.45) is 0 Å². The van der Waals surface area contributed by atoms with E-state index in [-0.39, 0.29) is 18.9 Å². The van der Waals surface area contributed by atoms with Crippen LogP contribution in [0.3, 0.4) is 0 Å². The van der Waals surface area contributed by atoms with Crippen LogP contribution in [-0.2, 0) is 16.0 Å². The maximum Gasteiger partial charge on any atom is 0.322 e. The van der Waals surface area contributed by atoms with Gasteiger partial charge in [0.05, 0.1) is 6.20 Å². The number of carboxylic acids is 1. The molecule has 1 aromatic carbocycles. The van der Waals surface area contributed by atoms with Crippen molar-refractivity contribution in [3.05, 3.63) is 42.4 Å². The lowest BCUT2D eigenvalue weighted by Gasteiger charge is -2.00. The van der Waals surface area contributed by atoms with Gasteiger partial charge in [-0.3, -0.25) is 9.59 Å². The Morgan fingerprint density at radius 3 is 2.71 bits per heavy atom. The van der Waals surface area contributed by atoms with Gasteiger partial charge in [0.15, 0.2) is 11.7 Å². The molecule has 1 amide bonds. The van der Waals surface area contributed by atoms with Crippen LogP contribution in [0.25, 0.3) is 11.3 Å². The van der Waals surface area contributed by atoms with Crippen LogP contribution in [0.1, 0.15) is 18.7 Å². The minimum absolute atomic E-state index is 0.246. The molecule has 2 N–H and O–H groups in total. The van der Waals surface area contributed by atoms with Gasteiger partial charge in [-0.1, -0.05) is 30.3 Å². The van der Waals surface area contributed by atoms with Gasteiger partial charge in [-0.25, -0.2) is 4.98 Å². The highest BCUT2D eigenvalue weighted by Crippen LogP contribution is 2.20. The lowest BCUT2D eigenvalue weighted by atomic mass is 10.2. The van der Waals surface area contributed by atoms with Gasteiger partial charge in [0.25, 0.3) is 0 Å². The Labute approximate surface area is 121 Å². The Bertz CT molecular complexity index is 607. The van der Waals surface area contributed by atoms with Crippen molar-refractivity contribution in [2.45, 2.75) is 19.3 Å². The SMILES string of the molecule is O=C(O)CNC(=O)CCCc1ncc(-c2ccccc2)o1. The number of carboxylic acid groups (broad SMARTS) is 1. The number of rotatable bonds is 7. The van der Waals surface area contributed by atoms with E-state index in [1.807, 2.05) is 30.3 Å². The number of amides is 1. The summed E-state index contributed by atoms with van der Waals surface area (Å²) in [6.07, 6.45) is 3.00. The van der Waals surface area contributed by atoms with Gasteiger partial charge in [0.1, 0.15) is 6.54 Å². The number of hydrogen-bond acceptors (Lipinski definition) is 4. The standard InChI is InChI=1S/C15H16N2O4/c18-13(16-10-15(19)20)7-4-8-14-17-9-12(21-14)11-5-2-1-3-6-11/h1-3,5-6,9H,4,7-8,10H2,(H,16,18)(H,19,20). The Kier molecular flexibility index (Phi) is 5.09. The summed E-state index contributed by atoms with van der Waals surface area (Å²) < 4.78 is 5.61. The zero-order chi connectivity index (χ0) is 15.1. The molecule has 0 aliphatic rings. The van der Waals surface area contributed by atoms with E-state index >= 15 is 0 Å². The first kappa shape index (κ1) is 14.8. The highest BCUT2D eigenvalue weighted by Gasteiger charge is 2.08.